The predicted octanol–water partition coefficient (Wildman–Crippen LogP) is 7.85. The second kappa shape index (κ2) is 14.1. The molecule has 0 atom stereocenters. The molecular formula is C37H46ClN2O6S2+. The third kappa shape index (κ3) is 7.89. The van der Waals surface area contributed by atoms with Gasteiger partial charge in [0.2, 0.25) is 5.69 Å². The summed E-state index contributed by atoms with van der Waals surface area (Å²) in [4.78, 5) is 2.15. The van der Waals surface area contributed by atoms with E-state index < -0.39 is 20.2 Å². The lowest BCUT2D eigenvalue weighted by molar-refractivity contribution is -0.438. The molecule has 2 aliphatic heterocycles. The van der Waals surface area contributed by atoms with E-state index in [1.54, 1.807) is 0 Å². The van der Waals surface area contributed by atoms with Gasteiger partial charge >= 0.3 is 0 Å². The fraction of sp³-hybridized carbons (Fsp3) is 0.432. The van der Waals surface area contributed by atoms with Crippen LogP contribution in [0.1, 0.15) is 77.3 Å². The molecule has 11 heteroatoms. The van der Waals surface area contributed by atoms with Gasteiger partial charge in [-0.15, -0.1) is 0 Å². The minimum absolute atomic E-state index is 0.254. The van der Waals surface area contributed by atoms with Crippen molar-refractivity contribution in [2.75, 3.05) is 29.5 Å². The predicted molar refractivity (Wildman–Crippen MR) is 195 cm³/mol. The van der Waals surface area contributed by atoms with E-state index in [1.165, 1.54) is 5.56 Å². The average Bonchev–Trinajstić information content (AvgIpc) is 3.35. The second-order valence-corrected chi connectivity index (χ2v) is 17.4. The average molecular weight is 714 g/mol. The fourth-order valence-corrected chi connectivity index (χ4v) is 8.67. The van der Waals surface area contributed by atoms with E-state index in [9.17, 15) is 25.9 Å². The van der Waals surface area contributed by atoms with Crippen LogP contribution < -0.4 is 4.90 Å². The number of allylic oxidation sites excluding steroid dienone is 8. The van der Waals surface area contributed by atoms with E-state index >= 15 is 0 Å². The molecule has 0 aromatic heterocycles. The van der Waals surface area contributed by atoms with Crippen LogP contribution in [-0.2, 0) is 31.1 Å². The van der Waals surface area contributed by atoms with E-state index in [4.69, 9.17) is 11.6 Å². The molecule has 0 spiro atoms. The van der Waals surface area contributed by atoms with Crippen molar-refractivity contribution in [3.8, 4) is 0 Å². The molecule has 2 heterocycles. The molecule has 0 fully saturated rings. The van der Waals surface area contributed by atoms with Crippen molar-refractivity contribution in [1.29, 1.82) is 0 Å². The van der Waals surface area contributed by atoms with Crippen LogP contribution in [0, 0.1) is 0 Å². The highest BCUT2D eigenvalue weighted by Crippen LogP contribution is 2.48. The number of halogens is 1. The van der Waals surface area contributed by atoms with Crippen molar-refractivity contribution < 1.29 is 30.5 Å². The minimum atomic E-state index is -4.06. The lowest BCUT2D eigenvalue weighted by atomic mass is 9.81. The van der Waals surface area contributed by atoms with Crippen LogP contribution in [0.5, 0.6) is 0 Å². The molecule has 2 aromatic rings. The molecule has 3 aliphatic rings. The topological polar surface area (TPSA) is 115 Å². The van der Waals surface area contributed by atoms with Crippen molar-refractivity contribution in [3.63, 3.8) is 0 Å². The first-order valence-electron chi connectivity index (χ1n) is 16.5. The number of anilines is 1. The summed E-state index contributed by atoms with van der Waals surface area (Å²) in [5.74, 6) is -0.552. The summed E-state index contributed by atoms with van der Waals surface area (Å²) < 4.78 is 66.3. The van der Waals surface area contributed by atoms with E-state index in [0.29, 0.717) is 32.4 Å². The van der Waals surface area contributed by atoms with Gasteiger partial charge in [-0.2, -0.15) is 21.4 Å². The van der Waals surface area contributed by atoms with Gasteiger partial charge in [0.1, 0.15) is 6.54 Å². The van der Waals surface area contributed by atoms with Crippen LogP contribution in [0.4, 0.5) is 11.4 Å². The van der Waals surface area contributed by atoms with Gasteiger partial charge in [0.05, 0.1) is 16.9 Å². The molecule has 2 aromatic carbocycles. The number of hydrogen-bond donors (Lipinski definition) is 2. The Hall–Kier alpha value is -3.02. The quantitative estimate of drug-likeness (QED) is 0.131. The van der Waals surface area contributed by atoms with Crippen LogP contribution >= 0.6 is 11.6 Å². The van der Waals surface area contributed by atoms with Crippen molar-refractivity contribution in [2.45, 2.75) is 77.0 Å². The Labute approximate surface area is 290 Å². The second-order valence-electron chi connectivity index (χ2n) is 13.9. The largest absolute Gasteiger partial charge is 0.344 e. The Kier molecular flexibility index (Phi) is 10.6. The lowest BCUT2D eigenvalue weighted by Gasteiger charge is -2.27. The third-order valence-electron chi connectivity index (χ3n) is 9.76. The van der Waals surface area contributed by atoms with Crippen molar-refractivity contribution in [1.82, 2.24) is 0 Å². The molecule has 0 radical (unpaired) electrons. The molecule has 5 rings (SSSR count). The first kappa shape index (κ1) is 36.3. The van der Waals surface area contributed by atoms with Crippen molar-refractivity contribution in [3.05, 3.63) is 106 Å². The third-order valence-corrected chi connectivity index (χ3v) is 11.9. The van der Waals surface area contributed by atoms with Gasteiger partial charge in [-0.3, -0.25) is 9.11 Å². The summed E-state index contributed by atoms with van der Waals surface area (Å²) in [6, 6.07) is 16.4. The Balaban J connectivity index is 1.45. The maximum atomic E-state index is 11.5. The van der Waals surface area contributed by atoms with Crippen LogP contribution in [-0.4, -0.2) is 60.8 Å². The summed E-state index contributed by atoms with van der Waals surface area (Å²) in [5.41, 5.74) is 8.17. The molecular weight excluding hydrogens is 668 g/mol. The maximum absolute atomic E-state index is 11.5. The minimum Gasteiger partial charge on any atom is -0.344 e. The number of para-hydroxylation sites is 2. The Morgan fingerprint density at radius 3 is 2.17 bits per heavy atom. The molecule has 258 valence electrons. The summed E-state index contributed by atoms with van der Waals surface area (Å²) in [7, 11) is -8.06. The first-order chi connectivity index (χ1) is 22.5. The maximum Gasteiger partial charge on any atom is 0.264 e. The molecule has 0 bridgehead atoms. The van der Waals surface area contributed by atoms with Gasteiger partial charge in [0.25, 0.3) is 20.2 Å². The van der Waals surface area contributed by atoms with Crippen molar-refractivity contribution in [2.24, 2.45) is 0 Å². The monoisotopic (exact) mass is 713 g/mol. The standard InChI is InChI=1S/C37H45ClN2O6S2/c1-36(2)29-15-5-7-17-31(29)39(23-9-10-25-47(41,42)43)33(36)21-19-27-13-11-14-28(35(27)38)20-22-34-37(3,4)30-16-6-8-18-32(30)40(34)24-12-26-48(44,45)46/h5-8,15-22H,9-14,23-26H2,1-4H3,(H-,41,42,43,44,45,46)/p+1. The molecule has 0 saturated heterocycles. The SMILES string of the molecule is CC1(C)C(/C=C/C2=C(Cl)C(=C/C=C3/N(CCCS(=O)(=O)O)c4ccccc4C3(C)C)/CCC2)=[N+](CCCCS(=O)(=O)O)c2ccccc21. The van der Waals surface area contributed by atoms with E-state index in [-0.39, 0.29) is 22.3 Å². The van der Waals surface area contributed by atoms with E-state index in [1.807, 2.05) is 30.3 Å². The van der Waals surface area contributed by atoms with Crippen molar-refractivity contribution >= 4 is 48.9 Å². The number of hydrogen-bond acceptors (Lipinski definition) is 5. The fourth-order valence-electron chi connectivity index (χ4n) is 7.29. The normalized spacial score (nSPS) is 20.8. The highest BCUT2D eigenvalue weighted by Gasteiger charge is 2.44. The zero-order valence-corrected chi connectivity index (χ0v) is 30.5. The highest BCUT2D eigenvalue weighted by molar-refractivity contribution is 7.86. The van der Waals surface area contributed by atoms with Gasteiger partial charge < -0.3 is 4.90 Å². The van der Waals surface area contributed by atoms with Gasteiger partial charge in [-0.05, 0) is 74.8 Å². The molecule has 8 nitrogen and oxygen atoms in total. The molecule has 1 aliphatic carbocycles. The van der Waals surface area contributed by atoms with Gasteiger partial charge in [0, 0.05) is 52.5 Å². The molecule has 48 heavy (non-hydrogen) atoms. The van der Waals surface area contributed by atoms with Crippen LogP contribution in [0.15, 0.2) is 94.7 Å². The van der Waals surface area contributed by atoms with E-state index in [2.05, 4.69) is 79.7 Å². The number of rotatable bonds is 12. The summed E-state index contributed by atoms with van der Waals surface area (Å²) in [6.45, 7) is 9.80. The Morgan fingerprint density at radius 2 is 1.46 bits per heavy atom. The number of nitrogens with zero attached hydrogens (tertiary/aromatic N) is 2. The highest BCUT2D eigenvalue weighted by atomic mass is 35.5. The molecule has 0 saturated carbocycles. The van der Waals surface area contributed by atoms with Gasteiger partial charge in [-0.25, -0.2) is 0 Å². The summed E-state index contributed by atoms with van der Waals surface area (Å²) in [6.07, 6.45) is 12.4. The summed E-state index contributed by atoms with van der Waals surface area (Å²) in [5, 5.41) is 0.731. The molecule has 0 amide bonds. The smallest absolute Gasteiger partial charge is 0.264 e. The Bertz CT molecular complexity index is 1950. The first-order valence-corrected chi connectivity index (χ1v) is 20.1. The number of unbranched alkanes of at least 4 members (excludes halogenated alkanes) is 1. The Morgan fingerprint density at radius 1 is 0.812 bits per heavy atom. The summed E-state index contributed by atoms with van der Waals surface area (Å²) >= 11 is 7.11. The van der Waals surface area contributed by atoms with Crippen LogP contribution in [0.25, 0.3) is 0 Å². The molecule has 0 unspecified atom stereocenters. The zero-order chi connectivity index (χ0) is 34.9. The zero-order valence-electron chi connectivity index (χ0n) is 28.1. The van der Waals surface area contributed by atoms with E-state index in [0.717, 1.165) is 63.8 Å². The van der Waals surface area contributed by atoms with Gasteiger partial charge in [-0.1, -0.05) is 74.0 Å². The number of benzene rings is 2. The van der Waals surface area contributed by atoms with Crippen LogP contribution in [0.2, 0.25) is 0 Å². The van der Waals surface area contributed by atoms with Crippen LogP contribution in [0.3, 0.4) is 0 Å². The molecule has 2 N–H and O–H groups in total. The number of fused-ring (bicyclic) bond motifs is 2. The van der Waals surface area contributed by atoms with Gasteiger partial charge in [0.15, 0.2) is 5.71 Å². The lowest BCUT2D eigenvalue weighted by Crippen LogP contribution is -2.28.